The second-order valence-electron chi connectivity index (χ2n) is 8.11. The number of carbonyl (C=O) groups is 2. The zero-order valence-corrected chi connectivity index (χ0v) is 22.3. The number of fused-ring (bicyclic) bond motifs is 1. The number of anilines is 2. The van der Waals surface area contributed by atoms with Crippen LogP contribution in [0.15, 0.2) is 66.0 Å². The number of carboxylic acids is 1. The summed E-state index contributed by atoms with van der Waals surface area (Å²) >= 11 is 12.0. The fraction of sp³-hybridized carbons (Fsp3) is 0.167. The number of nitrogens with zero attached hydrogens (tertiary/aromatic N) is 4. The minimum atomic E-state index is -4.30. The predicted octanol–water partition coefficient (Wildman–Crippen LogP) is 3.56. The van der Waals surface area contributed by atoms with E-state index in [-0.39, 0.29) is 26.5 Å². The van der Waals surface area contributed by atoms with Gasteiger partial charge in [-0.15, -0.1) is 0 Å². The summed E-state index contributed by atoms with van der Waals surface area (Å²) in [6.07, 6.45) is 4.87. The van der Waals surface area contributed by atoms with Gasteiger partial charge in [-0.05, 0) is 42.5 Å². The first kappa shape index (κ1) is 27.2. The SMILES string of the molecule is CC(=O)NCCNc1cnc(-n2ccc3cc(N(CC(=O)O)S(=O)(=O)c4cc(Cl)cc(Cl)c4)ccc32)cn1. The molecule has 0 unspecified atom stereocenters. The molecule has 0 spiro atoms. The van der Waals surface area contributed by atoms with Crippen molar-refractivity contribution in [2.45, 2.75) is 11.8 Å². The zero-order chi connectivity index (χ0) is 27.4. The van der Waals surface area contributed by atoms with Crippen molar-refractivity contribution in [1.29, 1.82) is 0 Å². The maximum Gasteiger partial charge on any atom is 0.324 e. The molecule has 11 nitrogen and oxygen atoms in total. The van der Waals surface area contributed by atoms with Gasteiger partial charge >= 0.3 is 5.97 Å². The van der Waals surface area contributed by atoms with E-state index < -0.39 is 22.5 Å². The summed E-state index contributed by atoms with van der Waals surface area (Å²) in [5, 5.41) is 16.0. The third kappa shape index (κ3) is 6.15. The third-order valence-corrected chi connectivity index (χ3v) is 7.54. The number of carbonyl (C=O) groups excluding carboxylic acids is 1. The lowest BCUT2D eigenvalue weighted by molar-refractivity contribution is -0.135. The summed E-state index contributed by atoms with van der Waals surface area (Å²) in [4.78, 5) is 31.1. The Balaban J connectivity index is 1.62. The van der Waals surface area contributed by atoms with Crippen LogP contribution in [0.4, 0.5) is 11.5 Å². The summed E-state index contributed by atoms with van der Waals surface area (Å²) in [5.41, 5.74) is 0.853. The van der Waals surface area contributed by atoms with Crippen molar-refractivity contribution in [1.82, 2.24) is 19.9 Å². The molecule has 0 aliphatic rings. The number of hydrogen-bond donors (Lipinski definition) is 3. The number of rotatable bonds is 10. The molecule has 0 aliphatic heterocycles. The minimum absolute atomic E-state index is 0.105. The van der Waals surface area contributed by atoms with Crippen LogP contribution in [-0.2, 0) is 19.6 Å². The van der Waals surface area contributed by atoms with Crippen molar-refractivity contribution in [3.8, 4) is 5.82 Å². The van der Waals surface area contributed by atoms with Crippen LogP contribution in [0, 0.1) is 0 Å². The van der Waals surface area contributed by atoms with Gasteiger partial charge in [0.15, 0.2) is 5.82 Å². The minimum Gasteiger partial charge on any atom is -0.480 e. The van der Waals surface area contributed by atoms with Crippen LogP contribution in [-0.4, -0.2) is 59.6 Å². The fourth-order valence-corrected chi connectivity index (χ4v) is 5.83. The standard InChI is InChI=1S/C24H22Cl2N6O5S/c1-15(33)27-5-6-28-22-12-30-23(13-29-22)31-7-4-16-8-19(2-3-21(16)31)32(14-24(34)35)38(36,37)20-10-17(25)9-18(26)11-20/h2-4,7-13H,5-6,14H2,1H3,(H,27,33)(H,28,29)(H,34,35). The Morgan fingerprint density at radius 1 is 1.03 bits per heavy atom. The van der Waals surface area contributed by atoms with Crippen LogP contribution in [0.2, 0.25) is 10.0 Å². The maximum absolute atomic E-state index is 13.4. The number of amides is 1. The second-order valence-corrected chi connectivity index (χ2v) is 10.8. The Morgan fingerprint density at radius 2 is 1.76 bits per heavy atom. The normalized spacial score (nSPS) is 11.3. The molecule has 1 amide bonds. The molecule has 38 heavy (non-hydrogen) atoms. The van der Waals surface area contributed by atoms with Gasteiger partial charge in [-0.25, -0.2) is 18.4 Å². The number of halogens is 2. The van der Waals surface area contributed by atoms with Crippen molar-refractivity contribution in [3.63, 3.8) is 0 Å². The molecule has 0 bridgehead atoms. The maximum atomic E-state index is 13.4. The molecule has 0 aliphatic carbocycles. The fourth-order valence-electron chi connectivity index (χ4n) is 3.69. The lowest BCUT2D eigenvalue weighted by Gasteiger charge is -2.23. The molecule has 0 saturated heterocycles. The first-order valence-corrected chi connectivity index (χ1v) is 13.4. The van der Waals surface area contributed by atoms with Crippen LogP contribution < -0.4 is 14.9 Å². The highest BCUT2D eigenvalue weighted by Crippen LogP contribution is 2.31. The molecule has 3 N–H and O–H groups in total. The van der Waals surface area contributed by atoms with Gasteiger partial charge < -0.3 is 15.7 Å². The van der Waals surface area contributed by atoms with E-state index in [1.54, 1.807) is 41.4 Å². The molecule has 4 rings (SSSR count). The third-order valence-electron chi connectivity index (χ3n) is 5.35. The molecule has 14 heteroatoms. The average molecular weight is 577 g/mol. The molecule has 0 radical (unpaired) electrons. The lowest BCUT2D eigenvalue weighted by atomic mass is 10.2. The van der Waals surface area contributed by atoms with Gasteiger partial charge in [-0.1, -0.05) is 23.2 Å². The highest BCUT2D eigenvalue weighted by atomic mass is 35.5. The molecule has 198 valence electrons. The Labute approximate surface area is 228 Å². The number of carboxylic acid groups (broad SMARTS) is 1. The van der Waals surface area contributed by atoms with E-state index in [1.165, 1.54) is 31.2 Å². The largest absolute Gasteiger partial charge is 0.480 e. The Morgan fingerprint density at radius 3 is 2.39 bits per heavy atom. The quantitative estimate of drug-likeness (QED) is 0.243. The van der Waals surface area contributed by atoms with Gasteiger partial charge in [0.1, 0.15) is 12.4 Å². The van der Waals surface area contributed by atoms with Crippen LogP contribution in [0.5, 0.6) is 0 Å². The van der Waals surface area contributed by atoms with Crippen LogP contribution in [0.3, 0.4) is 0 Å². The van der Waals surface area contributed by atoms with E-state index in [9.17, 15) is 23.1 Å². The number of sulfonamides is 1. The average Bonchev–Trinajstić information content (AvgIpc) is 3.28. The van der Waals surface area contributed by atoms with Crippen LogP contribution in [0.25, 0.3) is 16.7 Å². The number of aromatic nitrogens is 3. The first-order valence-electron chi connectivity index (χ1n) is 11.2. The number of aliphatic carboxylic acids is 1. The van der Waals surface area contributed by atoms with Crippen LogP contribution in [0.1, 0.15) is 6.92 Å². The van der Waals surface area contributed by atoms with Crippen molar-refractivity contribution in [2.24, 2.45) is 0 Å². The van der Waals surface area contributed by atoms with Crippen molar-refractivity contribution in [2.75, 3.05) is 29.3 Å². The van der Waals surface area contributed by atoms with E-state index in [4.69, 9.17) is 23.2 Å². The smallest absolute Gasteiger partial charge is 0.324 e. The molecule has 2 heterocycles. The highest BCUT2D eigenvalue weighted by molar-refractivity contribution is 7.92. The number of nitrogens with one attached hydrogen (secondary N) is 2. The molecule has 0 atom stereocenters. The summed E-state index contributed by atoms with van der Waals surface area (Å²) in [6, 6.07) is 10.3. The van der Waals surface area contributed by atoms with E-state index in [1.807, 2.05) is 0 Å². The summed E-state index contributed by atoms with van der Waals surface area (Å²) < 4.78 is 29.3. The second kappa shape index (κ2) is 11.3. The van der Waals surface area contributed by atoms with Gasteiger partial charge in [0.05, 0.1) is 28.5 Å². The molecule has 2 aromatic carbocycles. The van der Waals surface area contributed by atoms with Gasteiger partial charge in [0.2, 0.25) is 5.91 Å². The molecule has 4 aromatic rings. The van der Waals surface area contributed by atoms with Gasteiger partial charge in [-0.3, -0.25) is 18.5 Å². The summed E-state index contributed by atoms with van der Waals surface area (Å²) in [7, 11) is -4.30. The van der Waals surface area contributed by atoms with E-state index in [2.05, 4.69) is 20.6 Å². The molecular weight excluding hydrogens is 555 g/mol. The zero-order valence-electron chi connectivity index (χ0n) is 19.9. The highest BCUT2D eigenvalue weighted by Gasteiger charge is 2.28. The Bertz CT molecular complexity index is 1590. The van der Waals surface area contributed by atoms with Gasteiger partial charge in [-0.2, -0.15) is 0 Å². The van der Waals surface area contributed by atoms with E-state index >= 15 is 0 Å². The van der Waals surface area contributed by atoms with Gasteiger partial charge in [0.25, 0.3) is 10.0 Å². The summed E-state index contributed by atoms with van der Waals surface area (Å²) in [6.45, 7) is 1.57. The molecular formula is C24H22Cl2N6O5S. The Kier molecular flexibility index (Phi) is 8.05. The van der Waals surface area contributed by atoms with Crippen LogP contribution >= 0.6 is 23.2 Å². The monoisotopic (exact) mass is 576 g/mol. The predicted molar refractivity (Wildman–Crippen MR) is 145 cm³/mol. The number of benzene rings is 2. The number of hydrogen-bond acceptors (Lipinski definition) is 7. The van der Waals surface area contributed by atoms with Gasteiger partial charge in [0, 0.05) is 41.6 Å². The van der Waals surface area contributed by atoms with Crippen molar-refractivity contribution in [3.05, 3.63) is 71.1 Å². The van der Waals surface area contributed by atoms with E-state index in [0.29, 0.717) is 35.6 Å². The molecule has 0 fully saturated rings. The topological polar surface area (TPSA) is 147 Å². The molecule has 2 aromatic heterocycles. The lowest BCUT2D eigenvalue weighted by Crippen LogP contribution is -2.35. The van der Waals surface area contributed by atoms with Crippen molar-refractivity contribution < 1.29 is 23.1 Å². The molecule has 0 saturated carbocycles. The first-order chi connectivity index (χ1) is 18.0. The van der Waals surface area contributed by atoms with E-state index in [0.717, 1.165) is 4.31 Å². The Hall–Kier alpha value is -3.87. The summed E-state index contributed by atoms with van der Waals surface area (Å²) in [5.74, 6) is -0.397. The van der Waals surface area contributed by atoms with Crippen molar-refractivity contribution >= 4 is 67.5 Å².